The Bertz CT molecular complexity index is 407. The Balaban J connectivity index is 1.93. The molecule has 86 valence electrons. The van der Waals surface area contributed by atoms with Gasteiger partial charge in [-0.25, -0.2) is 4.79 Å². The number of nitrogens with zero attached hydrogens (tertiary/aromatic N) is 1. The minimum Gasteiger partial charge on any atom is -0.478 e. The van der Waals surface area contributed by atoms with Crippen molar-refractivity contribution in [1.29, 1.82) is 0 Å². The first-order valence-electron chi connectivity index (χ1n) is 5.35. The average molecular weight is 237 g/mol. The highest BCUT2D eigenvalue weighted by Gasteiger charge is 2.25. The molecule has 1 fully saturated rings. The number of thiophene rings is 1. The van der Waals surface area contributed by atoms with Crippen molar-refractivity contribution >= 4 is 23.4 Å². The standard InChI is InChI=1S/C12H15NO2S/c1-13(9-2-3-9)8-11-5-4-10(16-11)6-7-12(14)15/h4-7,9H,2-3,8H2,1H3,(H,14,15). The molecule has 1 aromatic rings. The molecular weight excluding hydrogens is 222 g/mol. The maximum Gasteiger partial charge on any atom is 0.328 e. The molecule has 0 unspecified atom stereocenters. The van der Waals surface area contributed by atoms with E-state index in [1.165, 1.54) is 23.8 Å². The van der Waals surface area contributed by atoms with Crippen LogP contribution < -0.4 is 0 Å². The molecule has 2 rings (SSSR count). The lowest BCUT2D eigenvalue weighted by molar-refractivity contribution is -0.131. The highest BCUT2D eigenvalue weighted by atomic mass is 32.1. The molecule has 1 aliphatic carbocycles. The summed E-state index contributed by atoms with van der Waals surface area (Å²) in [6.07, 6.45) is 5.45. The molecule has 1 N–H and O–H groups in total. The summed E-state index contributed by atoms with van der Waals surface area (Å²) < 4.78 is 0. The van der Waals surface area contributed by atoms with Crippen LogP contribution >= 0.6 is 11.3 Å². The van der Waals surface area contributed by atoms with Gasteiger partial charge in [0, 0.05) is 28.4 Å². The van der Waals surface area contributed by atoms with Gasteiger partial charge in [-0.3, -0.25) is 4.90 Å². The van der Waals surface area contributed by atoms with Gasteiger partial charge in [-0.2, -0.15) is 0 Å². The summed E-state index contributed by atoms with van der Waals surface area (Å²) in [4.78, 5) is 15.0. The first-order valence-corrected chi connectivity index (χ1v) is 6.17. The fourth-order valence-electron chi connectivity index (χ4n) is 1.61. The SMILES string of the molecule is CN(Cc1ccc(C=CC(=O)O)s1)C1CC1. The quantitative estimate of drug-likeness (QED) is 0.800. The summed E-state index contributed by atoms with van der Waals surface area (Å²) in [7, 11) is 2.14. The van der Waals surface area contributed by atoms with Crippen molar-refractivity contribution in [2.45, 2.75) is 25.4 Å². The first-order chi connectivity index (χ1) is 7.65. The van der Waals surface area contributed by atoms with Crippen LogP contribution in [0.3, 0.4) is 0 Å². The predicted molar refractivity (Wildman–Crippen MR) is 65.5 cm³/mol. The molecule has 0 saturated heterocycles. The third-order valence-electron chi connectivity index (χ3n) is 2.65. The normalized spacial score (nSPS) is 16.1. The Morgan fingerprint density at radius 1 is 1.62 bits per heavy atom. The molecule has 0 aromatic carbocycles. The summed E-state index contributed by atoms with van der Waals surface area (Å²) >= 11 is 1.66. The Kier molecular flexibility index (Phi) is 3.41. The Morgan fingerprint density at radius 3 is 3.00 bits per heavy atom. The number of carboxylic acids is 1. The Labute approximate surface area is 99.0 Å². The van der Waals surface area contributed by atoms with Gasteiger partial charge in [-0.1, -0.05) is 0 Å². The lowest BCUT2D eigenvalue weighted by atomic mass is 10.3. The van der Waals surface area contributed by atoms with Gasteiger partial charge in [0.25, 0.3) is 0 Å². The van der Waals surface area contributed by atoms with Crippen LogP contribution in [0.15, 0.2) is 18.2 Å². The number of hydrogen-bond donors (Lipinski definition) is 1. The van der Waals surface area contributed by atoms with Crippen molar-refractivity contribution in [3.63, 3.8) is 0 Å². The van der Waals surface area contributed by atoms with Gasteiger partial charge < -0.3 is 5.11 Å². The van der Waals surface area contributed by atoms with Crippen molar-refractivity contribution in [3.05, 3.63) is 28.0 Å². The molecule has 1 heterocycles. The van der Waals surface area contributed by atoms with Gasteiger partial charge in [0.1, 0.15) is 0 Å². The van der Waals surface area contributed by atoms with Crippen LogP contribution in [0.4, 0.5) is 0 Å². The average Bonchev–Trinajstić information content (AvgIpc) is 2.98. The smallest absolute Gasteiger partial charge is 0.328 e. The van der Waals surface area contributed by atoms with Crippen LogP contribution in [0.2, 0.25) is 0 Å². The molecule has 3 nitrogen and oxygen atoms in total. The number of hydrogen-bond acceptors (Lipinski definition) is 3. The minimum absolute atomic E-state index is 0.764. The lowest BCUT2D eigenvalue weighted by Crippen LogP contribution is -2.19. The van der Waals surface area contributed by atoms with E-state index < -0.39 is 5.97 Å². The second-order valence-corrected chi connectivity index (χ2v) is 5.32. The summed E-state index contributed by atoms with van der Waals surface area (Å²) in [5.41, 5.74) is 0. The van der Waals surface area contributed by atoms with E-state index in [4.69, 9.17) is 5.11 Å². The molecule has 0 atom stereocenters. The summed E-state index contributed by atoms with van der Waals surface area (Å²) in [6.45, 7) is 0.968. The van der Waals surface area contributed by atoms with Gasteiger partial charge in [-0.05, 0) is 38.1 Å². The molecule has 1 aliphatic rings. The first kappa shape index (κ1) is 11.4. The Hall–Kier alpha value is -1.13. The van der Waals surface area contributed by atoms with Crippen molar-refractivity contribution in [2.24, 2.45) is 0 Å². The van der Waals surface area contributed by atoms with Crippen LogP contribution in [-0.4, -0.2) is 29.1 Å². The van der Waals surface area contributed by atoms with E-state index in [0.717, 1.165) is 17.5 Å². The van der Waals surface area contributed by atoms with Crippen molar-refractivity contribution in [3.8, 4) is 0 Å². The van der Waals surface area contributed by atoms with Gasteiger partial charge in [0.2, 0.25) is 0 Å². The van der Waals surface area contributed by atoms with Crippen molar-refractivity contribution in [1.82, 2.24) is 4.90 Å². The van der Waals surface area contributed by atoms with Crippen LogP contribution in [0.5, 0.6) is 0 Å². The predicted octanol–water partition coefficient (Wildman–Crippen LogP) is 2.44. The highest BCUT2D eigenvalue weighted by Crippen LogP contribution is 2.28. The van der Waals surface area contributed by atoms with E-state index in [1.54, 1.807) is 17.4 Å². The number of carboxylic acid groups (broad SMARTS) is 1. The molecule has 1 saturated carbocycles. The molecule has 1 aromatic heterocycles. The summed E-state index contributed by atoms with van der Waals surface area (Å²) in [6, 6.07) is 4.81. The fourth-order valence-corrected chi connectivity index (χ4v) is 2.59. The van der Waals surface area contributed by atoms with E-state index in [0.29, 0.717) is 0 Å². The van der Waals surface area contributed by atoms with Gasteiger partial charge in [0.15, 0.2) is 0 Å². The second-order valence-electron chi connectivity index (χ2n) is 4.12. The van der Waals surface area contributed by atoms with E-state index >= 15 is 0 Å². The van der Waals surface area contributed by atoms with Crippen molar-refractivity contribution < 1.29 is 9.90 Å². The van der Waals surface area contributed by atoms with Crippen LogP contribution in [0.1, 0.15) is 22.6 Å². The van der Waals surface area contributed by atoms with E-state index in [-0.39, 0.29) is 0 Å². The van der Waals surface area contributed by atoms with Gasteiger partial charge in [0.05, 0.1) is 0 Å². The Morgan fingerprint density at radius 2 is 2.38 bits per heavy atom. The van der Waals surface area contributed by atoms with Crippen LogP contribution in [0, 0.1) is 0 Å². The fraction of sp³-hybridized carbons (Fsp3) is 0.417. The zero-order chi connectivity index (χ0) is 11.5. The highest BCUT2D eigenvalue weighted by molar-refractivity contribution is 7.12. The molecule has 0 bridgehead atoms. The van der Waals surface area contributed by atoms with Crippen molar-refractivity contribution in [2.75, 3.05) is 7.05 Å². The largest absolute Gasteiger partial charge is 0.478 e. The molecule has 16 heavy (non-hydrogen) atoms. The third kappa shape index (κ3) is 3.18. The minimum atomic E-state index is -0.898. The topological polar surface area (TPSA) is 40.5 Å². The van der Waals surface area contributed by atoms with Gasteiger partial charge >= 0.3 is 5.97 Å². The summed E-state index contributed by atoms with van der Waals surface area (Å²) in [5.74, 6) is -0.898. The maximum absolute atomic E-state index is 10.4. The molecular formula is C12H15NO2S. The zero-order valence-electron chi connectivity index (χ0n) is 9.22. The zero-order valence-corrected chi connectivity index (χ0v) is 10.0. The number of carbonyl (C=O) groups is 1. The maximum atomic E-state index is 10.4. The number of aliphatic carboxylic acids is 1. The van der Waals surface area contributed by atoms with E-state index in [9.17, 15) is 4.79 Å². The van der Waals surface area contributed by atoms with E-state index in [2.05, 4.69) is 18.0 Å². The van der Waals surface area contributed by atoms with E-state index in [1.807, 2.05) is 6.07 Å². The van der Waals surface area contributed by atoms with Gasteiger partial charge in [-0.15, -0.1) is 11.3 Å². The third-order valence-corrected chi connectivity index (χ3v) is 3.68. The number of rotatable bonds is 5. The molecule has 0 spiro atoms. The molecule has 0 amide bonds. The molecule has 4 heteroatoms. The lowest BCUT2D eigenvalue weighted by Gasteiger charge is -2.13. The van der Waals surface area contributed by atoms with Crippen LogP contribution in [-0.2, 0) is 11.3 Å². The second kappa shape index (κ2) is 4.80. The summed E-state index contributed by atoms with van der Waals surface area (Å²) in [5, 5.41) is 8.52. The van der Waals surface area contributed by atoms with Crippen LogP contribution in [0.25, 0.3) is 6.08 Å². The molecule has 0 radical (unpaired) electrons. The monoisotopic (exact) mass is 237 g/mol. The molecule has 0 aliphatic heterocycles.